The van der Waals surface area contributed by atoms with Crippen molar-refractivity contribution in [2.24, 2.45) is 0 Å². The van der Waals surface area contributed by atoms with Crippen LogP contribution in [0.3, 0.4) is 0 Å². The van der Waals surface area contributed by atoms with Crippen LogP contribution in [0.2, 0.25) is 0 Å². The molecule has 2 amide bonds. The summed E-state index contributed by atoms with van der Waals surface area (Å²) in [5, 5.41) is 0. The number of carbonyl (C=O) groups is 3. The highest BCUT2D eigenvalue weighted by molar-refractivity contribution is 7.89. The molecular weight excluding hydrogens is 434 g/mol. The molecule has 10 heteroatoms. The Morgan fingerprint density at radius 1 is 0.938 bits per heavy atom. The molecule has 2 N–H and O–H groups in total. The predicted molar refractivity (Wildman–Crippen MR) is 118 cm³/mol. The predicted octanol–water partition coefficient (Wildman–Crippen LogP) is 1.36. The smallest absolute Gasteiger partial charge is 0.276 e. The summed E-state index contributed by atoms with van der Waals surface area (Å²) in [6.45, 7) is 2.56. The molecule has 0 aliphatic rings. The minimum absolute atomic E-state index is 0.0724. The molecule has 0 saturated heterocycles. The number of hydrazine groups is 1. The van der Waals surface area contributed by atoms with Crippen molar-refractivity contribution >= 4 is 27.6 Å². The number of rotatable bonds is 10. The minimum atomic E-state index is -3.83. The number of benzene rings is 2. The zero-order chi connectivity index (χ0) is 23.7. The van der Waals surface area contributed by atoms with Gasteiger partial charge in [-0.1, -0.05) is 29.8 Å². The van der Waals surface area contributed by atoms with Crippen LogP contribution in [0.25, 0.3) is 0 Å². The number of ketones is 1. The van der Waals surface area contributed by atoms with Crippen LogP contribution >= 0.6 is 0 Å². The van der Waals surface area contributed by atoms with Crippen molar-refractivity contribution in [1.29, 1.82) is 0 Å². The second-order valence-corrected chi connectivity index (χ2v) is 9.35. The molecule has 0 aliphatic carbocycles. The molecule has 32 heavy (non-hydrogen) atoms. The van der Waals surface area contributed by atoms with Gasteiger partial charge in [0, 0.05) is 13.5 Å². The number of nitrogens with zero attached hydrogens (tertiary/aromatic N) is 1. The number of hydrogen-bond donors (Lipinski definition) is 2. The van der Waals surface area contributed by atoms with Gasteiger partial charge in [-0.3, -0.25) is 20.4 Å². The Morgan fingerprint density at radius 3 is 2.12 bits per heavy atom. The summed E-state index contributed by atoms with van der Waals surface area (Å²) in [4.78, 5) is 35.0. The first kappa shape index (κ1) is 25.0. The van der Waals surface area contributed by atoms with Gasteiger partial charge in [-0.2, -0.15) is 4.31 Å². The van der Waals surface area contributed by atoms with Gasteiger partial charge in [0.05, 0.1) is 11.4 Å². The van der Waals surface area contributed by atoms with Gasteiger partial charge in [-0.05, 0) is 50.1 Å². The van der Waals surface area contributed by atoms with Gasteiger partial charge in [0.15, 0.2) is 6.61 Å². The minimum Gasteiger partial charge on any atom is -0.484 e. The van der Waals surface area contributed by atoms with E-state index in [4.69, 9.17) is 4.74 Å². The van der Waals surface area contributed by atoms with Crippen molar-refractivity contribution in [2.45, 2.75) is 31.6 Å². The molecule has 0 heterocycles. The van der Waals surface area contributed by atoms with Crippen molar-refractivity contribution in [1.82, 2.24) is 15.2 Å². The van der Waals surface area contributed by atoms with Crippen LogP contribution in [-0.4, -0.2) is 50.5 Å². The van der Waals surface area contributed by atoms with Gasteiger partial charge in [-0.15, -0.1) is 0 Å². The van der Waals surface area contributed by atoms with E-state index in [2.05, 4.69) is 10.9 Å². The Morgan fingerprint density at radius 2 is 1.53 bits per heavy atom. The van der Waals surface area contributed by atoms with E-state index in [-0.39, 0.29) is 17.3 Å². The highest BCUT2D eigenvalue weighted by Gasteiger charge is 2.23. The Labute approximate surface area is 187 Å². The zero-order valence-corrected chi connectivity index (χ0v) is 19.1. The first-order valence-electron chi connectivity index (χ1n) is 9.90. The lowest BCUT2D eigenvalue weighted by Gasteiger charge is -2.17. The summed E-state index contributed by atoms with van der Waals surface area (Å²) in [5.41, 5.74) is 6.24. The van der Waals surface area contributed by atoms with Crippen molar-refractivity contribution in [2.75, 3.05) is 20.2 Å². The maximum atomic E-state index is 12.5. The molecule has 0 atom stereocenters. The second-order valence-electron chi connectivity index (χ2n) is 7.31. The Bertz CT molecular complexity index is 1050. The molecule has 0 aliphatic heterocycles. The number of nitrogens with one attached hydrogen (secondary N) is 2. The molecule has 0 unspecified atom stereocenters. The van der Waals surface area contributed by atoms with Crippen LogP contribution in [0.1, 0.15) is 24.5 Å². The van der Waals surface area contributed by atoms with Crippen LogP contribution in [0.15, 0.2) is 53.4 Å². The van der Waals surface area contributed by atoms with Crippen molar-refractivity contribution in [3.63, 3.8) is 0 Å². The molecule has 172 valence electrons. The highest BCUT2D eigenvalue weighted by Crippen LogP contribution is 2.15. The third kappa shape index (κ3) is 7.78. The third-order valence-electron chi connectivity index (χ3n) is 4.50. The number of likely N-dealkylation sites (N-methyl/N-ethyl adjacent to an activating group) is 1. The Balaban J connectivity index is 1.76. The summed E-state index contributed by atoms with van der Waals surface area (Å²) in [5.74, 6) is -0.737. The third-order valence-corrected chi connectivity index (χ3v) is 6.31. The van der Waals surface area contributed by atoms with Gasteiger partial charge in [-0.25, -0.2) is 8.42 Å². The molecule has 9 nitrogen and oxygen atoms in total. The van der Waals surface area contributed by atoms with Crippen LogP contribution in [-0.2, 0) is 30.8 Å². The normalized spacial score (nSPS) is 11.1. The second kappa shape index (κ2) is 11.4. The Hall–Kier alpha value is -3.24. The monoisotopic (exact) mass is 461 g/mol. The van der Waals surface area contributed by atoms with Crippen molar-refractivity contribution < 1.29 is 27.5 Å². The van der Waals surface area contributed by atoms with E-state index in [0.29, 0.717) is 18.6 Å². The van der Waals surface area contributed by atoms with E-state index in [0.717, 1.165) is 15.4 Å². The largest absolute Gasteiger partial charge is 0.484 e. The van der Waals surface area contributed by atoms with Gasteiger partial charge >= 0.3 is 0 Å². The summed E-state index contributed by atoms with van der Waals surface area (Å²) in [6, 6.07) is 13.3. The molecule has 0 aromatic heterocycles. The molecule has 0 bridgehead atoms. The summed E-state index contributed by atoms with van der Waals surface area (Å²) in [6.07, 6.45) is 1.10. The summed E-state index contributed by atoms with van der Waals surface area (Å²) in [7, 11) is -2.55. The SMILES string of the molecule is CC(=O)CCc1ccc(OCC(=O)NNC(=O)CN(C)S(=O)(=O)c2ccc(C)cc2)cc1. The standard InChI is InChI=1S/C22H27N3O6S/c1-16-4-12-20(13-5-16)32(29,30)25(3)14-21(27)23-24-22(28)15-31-19-10-8-18(9-11-19)7-6-17(2)26/h4-5,8-13H,6-7,14-15H2,1-3H3,(H,23,27)(H,24,28). The quantitative estimate of drug-likeness (QED) is 0.515. The van der Waals surface area contributed by atoms with Crippen molar-refractivity contribution in [3.8, 4) is 5.75 Å². The lowest BCUT2D eigenvalue weighted by molar-refractivity contribution is -0.130. The summed E-state index contributed by atoms with van der Waals surface area (Å²) < 4.78 is 31.2. The van der Waals surface area contributed by atoms with Crippen LogP contribution in [0.5, 0.6) is 5.75 Å². The number of carbonyl (C=O) groups excluding carboxylic acids is 3. The first-order valence-corrected chi connectivity index (χ1v) is 11.3. The number of amides is 2. The number of Topliss-reactive ketones (excluding diaryl/α,β-unsaturated/α-hetero) is 1. The molecule has 2 aromatic rings. The maximum Gasteiger partial charge on any atom is 0.276 e. The van der Waals surface area contributed by atoms with E-state index in [1.165, 1.54) is 26.1 Å². The fourth-order valence-corrected chi connectivity index (χ4v) is 3.74. The fourth-order valence-electron chi connectivity index (χ4n) is 2.61. The van der Waals surface area contributed by atoms with E-state index in [1.54, 1.807) is 24.3 Å². The van der Waals surface area contributed by atoms with Gasteiger partial charge < -0.3 is 9.53 Å². The molecule has 0 fully saturated rings. The van der Waals surface area contributed by atoms with E-state index in [1.807, 2.05) is 19.1 Å². The van der Waals surface area contributed by atoms with Crippen LogP contribution in [0, 0.1) is 6.92 Å². The molecule has 0 radical (unpaired) electrons. The molecule has 2 aromatic carbocycles. The van der Waals surface area contributed by atoms with Gasteiger partial charge in [0.2, 0.25) is 10.0 Å². The average molecular weight is 462 g/mol. The zero-order valence-electron chi connectivity index (χ0n) is 18.3. The maximum absolute atomic E-state index is 12.5. The fraction of sp³-hybridized carbons (Fsp3) is 0.318. The number of aryl methyl sites for hydroxylation is 2. The first-order chi connectivity index (χ1) is 15.1. The highest BCUT2D eigenvalue weighted by atomic mass is 32.2. The molecular formula is C22H27N3O6S. The number of hydrogen-bond acceptors (Lipinski definition) is 6. The lowest BCUT2D eigenvalue weighted by atomic mass is 10.1. The van der Waals surface area contributed by atoms with Crippen LogP contribution in [0.4, 0.5) is 0 Å². The van der Waals surface area contributed by atoms with Gasteiger partial charge in [0.1, 0.15) is 11.5 Å². The number of sulfonamides is 1. The van der Waals surface area contributed by atoms with E-state index < -0.39 is 28.4 Å². The van der Waals surface area contributed by atoms with Gasteiger partial charge in [0.25, 0.3) is 11.8 Å². The summed E-state index contributed by atoms with van der Waals surface area (Å²) >= 11 is 0. The molecule has 0 spiro atoms. The molecule has 2 rings (SSSR count). The van der Waals surface area contributed by atoms with Crippen LogP contribution < -0.4 is 15.6 Å². The molecule has 0 saturated carbocycles. The Kier molecular flexibility index (Phi) is 8.91. The average Bonchev–Trinajstić information content (AvgIpc) is 2.75. The lowest BCUT2D eigenvalue weighted by Crippen LogP contribution is -2.48. The topological polar surface area (TPSA) is 122 Å². The van der Waals surface area contributed by atoms with E-state index >= 15 is 0 Å². The number of ether oxygens (including phenoxy) is 1. The van der Waals surface area contributed by atoms with Crippen molar-refractivity contribution in [3.05, 3.63) is 59.7 Å². The van der Waals surface area contributed by atoms with E-state index in [9.17, 15) is 22.8 Å².